The molecule has 122 valence electrons. The first-order valence-electron chi connectivity index (χ1n) is 8.88. The first-order chi connectivity index (χ1) is 12.9. The lowest BCUT2D eigenvalue weighted by Crippen LogP contribution is -2.08. The van der Waals surface area contributed by atoms with Crippen molar-refractivity contribution < 1.29 is 4.98 Å². The molecule has 0 unspecified atom stereocenters. The highest BCUT2D eigenvalue weighted by Gasteiger charge is 2.11. The van der Waals surface area contributed by atoms with Crippen LogP contribution >= 0.6 is 0 Å². The van der Waals surface area contributed by atoms with E-state index >= 15 is 0 Å². The van der Waals surface area contributed by atoms with Crippen LogP contribution in [-0.4, -0.2) is 0 Å². The third-order valence-corrected chi connectivity index (χ3v) is 4.94. The number of pyridine rings is 1. The fraction of sp³-hybridized carbons (Fsp3) is 0. The summed E-state index contributed by atoms with van der Waals surface area (Å²) in [6, 6.07) is 36.5. The topological polar surface area (TPSA) is 14.1 Å². The van der Waals surface area contributed by atoms with Crippen LogP contribution in [0.3, 0.4) is 0 Å². The Hall–Kier alpha value is -3.45. The summed E-state index contributed by atoms with van der Waals surface area (Å²) in [6.07, 6.45) is 0. The van der Waals surface area contributed by atoms with E-state index in [4.69, 9.17) is 0 Å². The van der Waals surface area contributed by atoms with Gasteiger partial charge < -0.3 is 0 Å². The zero-order valence-electron chi connectivity index (χ0n) is 14.3. The lowest BCUT2D eigenvalue weighted by Gasteiger charge is -2.04. The third-order valence-electron chi connectivity index (χ3n) is 4.94. The largest absolute Gasteiger partial charge is 0.211 e. The molecule has 0 saturated carbocycles. The van der Waals surface area contributed by atoms with Crippen LogP contribution < -0.4 is 4.98 Å². The highest BCUT2D eigenvalue weighted by atomic mass is 14.7. The maximum absolute atomic E-state index is 3.61. The van der Waals surface area contributed by atoms with Gasteiger partial charge in [0.05, 0.1) is 5.39 Å². The lowest BCUT2D eigenvalue weighted by molar-refractivity contribution is -0.330. The Morgan fingerprint density at radius 3 is 2.15 bits per heavy atom. The Morgan fingerprint density at radius 1 is 0.462 bits per heavy atom. The molecular weight excluding hydrogens is 314 g/mol. The number of rotatable bonds is 2. The van der Waals surface area contributed by atoms with Crippen molar-refractivity contribution in [3.8, 4) is 22.4 Å². The van der Waals surface area contributed by atoms with Crippen molar-refractivity contribution in [2.45, 2.75) is 0 Å². The van der Waals surface area contributed by atoms with Gasteiger partial charge in [-0.1, -0.05) is 66.7 Å². The summed E-state index contributed by atoms with van der Waals surface area (Å²) in [4.78, 5) is 3.61. The molecule has 1 nitrogen and oxygen atoms in total. The number of H-pyrrole nitrogens is 1. The lowest BCUT2D eigenvalue weighted by atomic mass is 10.0. The Bertz CT molecular complexity index is 1220. The second-order valence-electron chi connectivity index (χ2n) is 6.57. The van der Waals surface area contributed by atoms with Gasteiger partial charge in [-0.05, 0) is 46.2 Å². The van der Waals surface area contributed by atoms with Gasteiger partial charge in [-0.15, -0.1) is 0 Å². The molecular formula is C25H18N+. The Morgan fingerprint density at radius 2 is 1.23 bits per heavy atom. The maximum atomic E-state index is 3.61. The van der Waals surface area contributed by atoms with Gasteiger partial charge in [0.2, 0.25) is 11.2 Å². The molecule has 4 aromatic carbocycles. The standard InChI is InChI=1S/C25H17N/c1-2-7-18(8-3-1)20-10-6-11-21(17-20)24-16-14-23-22-12-5-4-9-19(22)13-15-25(23)26-24/h1-17H/p+1. The fourth-order valence-electron chi connectivity index (χ4n) is 3.60. The molecule has 0 radical (unpaired) electrons. The molecule has 0 aliphatic rings. The van der Waals surface area contributed by atoms with Crippen LogP contribution in [0.1, 0.15) is 0 Å². The first-order valence-corrected chi connectivity index (χ1v) is 8.88. The summed E-state index contributed by atoms with van der Waals surface area (Å²) in [5.74, 6) is 0. The van der Waals surface area contributed by atoms with Crippen LogP contribution in [0.25, 0.3) is 44.1 Å². The number of nitrogens with one attached hydrogen (secondary N) is 1. The summed E-state index contributed by atoms with van der Waals surface area (Å²) in [5, 5.41) is 3.81. The van der Waals surface area contributed by atoms with Crippen LogP contribution in [0, 0.1) is 0 Å². The quantitative estimate of drug-likeness (QED) is 0.345. The van der Waals surface area contributed by atoms with E-state index in [0.29, 0.717) is 0 Å². The molecule has 1 N–H and O–H groups in total. The predicted molar refractivity (Wildman–Crippen MR) is 109 cm³/mol. The van der Waals surface area contributed by atoms with E-state index in [0.717, 1.165) is 11.2 Å². The van der Waals surface area contributed by atoms with Gasteiger partial charge in [0, 0.05) is 17.7 Å². The second kappa shape index (κ2) is 6.12. The molecule has 0 aliphatic heterocycles. The Balaban J connectivity index is 1.64. The van der Waals surface area contributed by atoms with Gasteiger partial charge in [0.25, 0.3) is 0 Å². The molecule has 0 aliphatic carbocycles. The molecule has 0 spiro atoms. The van der Waals surface area contributed by atoms with Crippen LogP contribution in [0.4, 0.5) is 0 Å². The summed E-state index contributed by atoms with van der Waals surface area (Å²) in [7, 11) is 0. The minimum atomic E-state index is 1.13. The van der Waals surface area contributed by atoms with Crippen molar-refractivity contribution >= 4 is 21.7 Å². The predicted octanol–water partition coefficient (Wildman–Crippen LogP) is 6.14. The monoisotopic (exact) mass is 332 g/mol. The van der Waals surface area contributed by atoms with E-state index in [1.165, 1.54) is 32.8 Å². The molecule has 0 amide bonds. The number of benzene rings is 4. The van der Waals surface area contributed by atoms with Gasteiger partial charge in [0.15, 0.2) is 0 Å². The number of aromatic amines is 1. The number of hydrogen-bond acceptors (Lipinski definition) is 0. The van der Waals surface area contributed by atoms with E-state index < -0.39 is 0 Å². The van der Waals surface area contributed by atoms with E-state index in [2.05, 4.69) is 108 Å². The SMILES string of the molecule is c1ccc(-c2cccc(-c3ccc4c(ccc5ccccc54)[nH+]3)c2)cc1. The zero-order valence-corrected chi connectivity index (χ0v) is 14.3. The van der Waals surface area contributed by atoms with Crippen LogP contribution in [0.5, 0.6) is 0 Å². The van der Waals surface area contributed by atoms with Crippen molar-refractivity contribution in [1.82, 2.24) is 0 Å². The molecule has 0 fully saturated rings. The molecule has 1 heterocycles. The van der Waals surface area contributed by atoms with Crippen molar-refractivity contribution in [2.75, 3.05) is 0 Å². The summed E-state index contributed by atoms with van der Waals surface area (Å²) < 4.78 is 0. The minimum Gasteiger partial charge on any atom is -0.204 e. The molecule has 0 atom stereocenters. The summed E-state index contributed by atoms with van der Waals surface area (Å²) >= 11 is 0. The highest BCUT2D eigenvalue weighted by Crippen LogP contribution is 2.27. The molecule has 0 bridgehead atoms. The summed E-state index contributed by atoms with van der Waals surface area (Å²) in [6.45, 7) is 0. The highest BCUT2D eigenvalue weighted by molar-refractivity contribution is 6.05. The molecule has 1 aromatic heterocycles. The number of aromatic nitrogens is 1. The average molecular weight is 332 g/mol. The van der Waals surface area contributed by atoms with E-state index in [1.54, 1.807) is 0 Å². The van der Waals surface area contributed by atoms with Crippen molar-refractivity contribution in [2.24, 2.45) is 0 Å². The van der Waals surface area contributed by atoms with Crippen LogP contribution in [-0.2, 0) is 0 Å². The van der Waals surface area contributed by atoms with Gasteiger partial charge in [-0.3, -0.25) is 0 Å². The van der Waals surface area contributed by atoms with Crippen molar-refractivity contribution in [1.29, 1.82) is 0 Å². The maximum Gasteiger partial charge on any atom is 0.211 e. The third kappa shape index (κ3) is 2.55. The van der Waals surface area contributed by atoms with E-state index in [1.807, 2.05) is 0 Å². The molecule has 1 heteroatoms. The summed E-state index contributed by atoms with van der Waals surface area (Å²) in [5.41, 5.74) is 5.95. The van der Waals surface area contributed by atoms with E-state index in [9.17, 15) is 0 Å². The van der Waals surface area contributed by atoms with Gasteiger partial charge >= 0.3 is 0 Å². The Kier molecular flexibility index (Phi) is 3.50. The second-order valence-corrected chi connectivity index (χ2v) is 6.57. The van der Waals surface area contributed by atoms with Crippen LogP contribution in [0.2, 0.25) is 0 Å². The number of hydrogen-bond donors (Lipinski definition) is 0. The molecule has 26 heavy (non-hydrogen) atoms. The van der Waals surface area contributed by atoms with E-state index in [-0.39, 0.29) is 0 Å². The van der Waals surface area contributed by atoms with Crippen molar-refractivity contribution in [3.63, 3.8) is 0 Å². The number of fused-ring (bicyclic) bond motifs is 3. The normalized spacial score (nSPS) is 11.1. The zero-order chi connectivity index (χ0) is 17.3. The van der Waals surface area contributed by atoms with Gasteiger partial charge in [0.1, 0.15) is 0 Å². The van der Waals surface area contributed by atoms with Gasteiger partial charge in [-0.2, -0.15) is 0 Å². The molecule has 5 aromatic rings. The molecule has 5 rings (SSSR count). The molecule has 0 saturated heterocycles. The fourth-order valence-corrected chi connectivity index (χ4v) is 3.60. The first kappa shape index (κ1) is 14.9. The smallest absolute Gasteiger partial charge is 0.204 e. The van der Waals surface area contributed by atoms with Crippen LogP contribution in [0.15, 0.2) is 103 Å². The van der Waals surface area contributed by atoms with Gasteiger partial charge in [-0.25, -0.2) is 4.98 Å². The van der Waals surface area contributed by atoms with Crippen molar-refractivity contribution in [3.05, 3.63) is 103 Å². The average Bonchev–Trinajstić information content (AvgIpc) is 2.74. The minimum absolute atomic E-state index is 1.13. The Labute approximate surface area is 152 Å².